The van der Waals surface area contributed by atoms with E-state index in [0.717, 1.165) is 5.69 Å². The Morgan fingerprint density at radius 1 is 1.38 bits per heavy atom. The molecule has 0 aliphatic heterocycles. The van der Waals surface area contributed by atoms with Gasteiger partial charge in [-0.2, -0.15) is 0 Å². The van der Waals surface area contributed by atoms with Gasteiger partial charge in [-0.1, -0.05) is 6.07 Å². The van der Waals surface area contributed by atoms with E-state index in [-0.39, 0.29) is 12.1 Å². The van der Waals surface area contributed by atoms with Crippen molar-refractivity contribution in [2.45, 2.75) is 39.3 Å². The molecule has 0 aliphatic rings. The largest absolute Gasteiger partial charge is 0.336 e. The maximum Gasteiger partial charge on any atom is 0.315 e. The summed E-state index contributed by atoms with van der Waals surface area (Å²) >= 11 is 0. The van der Waals surface area contributed by atoms with Crippen molar-refractivity contribution < 1.29 is 4.79 Å². The summed E-state index contributed by atoms with van der Waals surface area (Å²) in [6, 6.07) is 5.61. The van der Waals surface area contributed by atoms with Gasteiger partial charge in [0.15, 0.2) is 0 Å². The van der Waals surface area contributed by atoms with Crippen LogP contribution in [-0.2, 0) is 5.54 Å². The van der Waals surface area contributed by atoms with Crippen LogP contribution in [0.3, 0.4) is 0 Å². The number of pyridine rings is 1. The van der Waals surface area contributed by atoms with Gasteiger partial charge in [-0.05, 0) is 39.8 Å². The van der Waals surface area contributed by atoms with E-state index in [1.54, 1.807) is 6.20 Å². The minimum absolute atomic E-state index is 0.125. The summed E-state index contributed by atoms with van der Waals surface area (Å²) in [6.07, 6.45) is 1.72. The third kappa shape index (κ3) is 3.53. The standard InChI is InChI=1S/C12H19N3O/c1-9(2)14-11(16)15-12(3,4)10-7-5-6-8-13-10/h5-9H,1-4H3,(H2,14,15,16). The molecule has 2 amide bonds. The van der Waals surface area contributed by atoms with Crippen LogP contribution in [0.15, 0.2) is 24.4 Å². The normalized spacial score (nSPS) is 11.3. The maximum absolute atomic E-state index is 11.6. The lowest BCUT2D eigenvalue weighted by atomic mass is 10.0. The van der Waals surface area contributed by atoms with Crippen molar-refractivity contribution in [3.63, 3.8) is 0 Å². The van der Waals surface area contributed by atoms with Crippen molar-refractivity contribution in [2.24, 2.45) is 0 Å². The topological polar surface area (TPSA) is 54.0 Å². The monoisotopic (exact) mass is 221 g/mol. The molecule has 2 N–H and O–H groups in total. The smallest absolute Gasteiger partial charge is 0.315 e. The third-order valence-corrected chi connectivity index (χ3v) is 2.15. The van der Waals surface area contributed by atoms with Crippen LogP contribution in [0, 0.1) is 0 Å². The van der Waals surface area contributed by atoms with Crippen molar-refractivity contribution in [3.8, 4) is 0 Å². The Balaban J connectivity index is 2.69. The van der Waals surface area contributed by atoms with Gasteiger partial charge >= 0.3 is 6.03 Å². The molecule has 0 radical (unpaired) electrons. The molecule has 0 spiro atoms. The highest BCUT2D eigenvalue weighted by atomic mass is 16.2. The SMILES string of the molecule is CC(C)NC(=O)NC(C)(C)c1ccccn1. The number of carbonyl (C=O) groups excluding carboxylic acids is 1. The summed E-state index contributed by atoms with van der Waals surface area (Å²) in [5.74, 6) is 0. The molecule has 1 rings (SSSR count). The molecule has 0 bridgehead atoms. The van der Waals surface area contributed by atoms with Crippen molar-refractivity contribution in [1.82, 2.24) is 15.6 Å². The first-order chi connectivity index (χ1) is 7.42. The van der Waals surface area contributed by atoms with E-state index in [9.17, 15) is 4.79 Å². The molecule has 0 saturated carbocycles. The fourth-order valence-electron chi connectivity index (χ4n) is 1.38. The van der Waals surface area contributed by atoms with Gasteiger partial charge in [0.2, 0.25) is 0 Å². The number of amides is 2. The first-order valence-electron chi connectivity index (χ1n) is 5.42. The lowest BCUT2D eigenvalue weighted by Crippen LogP contribution is -2.48. The molecule has 0 atom stereocenters. The van der Waals surface area contributed by atoms with E-state index in [2.05, 4.69) is 15.6 Å². The average Bonchev–Trinajstić information content (AvgIpc) is 2.16. The number of rotatable bonds is 3. The van der Waals surface area contributed by atoms with Gasteiger partial charge in [0.05, 0.1) is 11.2 Å². The van der Waals surface area contributed by atoms with Crippen LogP contribution in [0.25, 0.3) is 0 Å². The molecular formula is C12H19N3O. The van der Waals surface area contributed by atoms with E-state index in [0.29, 0.717) is 0 Å². The van der Waals surface area contributed by atoms with Crippen LogP contribution in [0.4, 0.5) is 4.79 Å². The number of nitrogens with zero attached hydrogens (tertiary/aromatic N) is 1. The minimum atomic E-state index is -0.472. The molecular weight excluding hydrogens is 202 g/mol. The average molecular weight is 221 g/mol. The number of urea groups is 1. The summed E-state index contributed by atoms with van der Waals surface area (Å²) in [4.78, 5) is 15.8. The number of nitrogens with one attached hydrogen (secondary N) is 2. The molecule has 16 heavy (non-hydrogen) atoms. The second-order valence-electron chi connectivity index (χ2n) is 4.59. The summed E-state index contributed by atoms with van der Waals surface area (Å²) in [7, 11) is 0. The highest BCUT2D eigenvalue weighted by Gasteiger charge is 2.23. The zero-order valence-corrected chi connectivity index (χ0v) is 10.2. The summed E-state index contributed by atoms with van der Waals surface area (Å²) in [5.41, 5.74) is 0.370. The van der Waals surface area contributed by atoms with Gasteiger partial charge in [-0.15, -0.1) is 0 Å². The van der Waals surface area contributed by atoms with Gasteiger partial charge in [0.25, 0.3) is 0 Å². The van der Waals surface area contributed by atoms with Crippen LogP contribution < -0.4 is 10.6 Å². The van der Waals surface area contributed by atoms with Crippen molar-refractivity contribution in [2.75, 3.05) is 0 Å². The lowest BCUT2D eigenvalue weighted by molar-refractivity contribution is 0.227. The van der Waals surface area contributed by atoms with Crippen molar-refractivity contribution in [3.05, 3.63) is 30.1 Å². The fourth-order valence-corrected chi connectivity index (χ4v) is 1.38. The zero-order chi connectivity index (χ0) is 12.2. The van der Waals surface area contributed by atoms with Crippen LogP contribution in [0.5, 0.6) is 0 Å². The summed E-state index contributed by atoms with van der Waals surface area (Å²) < 4.78 is 0. The van der Waals surface area contributed by atoms with E-state index in [1.807, 2.05) is 45.9 Å². The third-order valence-electron chi connectivity index (χ3n) is 2.15. The van der Waals surface area contributed by atoms with Gasteiger partial charge < -0.3 is 10.6 Å². The molecule has 0 fully saturated rings. The molecule has 0 unspecified atom stereocenters. The number of carbonyl (C=O) groups is 1. The zero-order valence-electron chi connectivity index (χ0n) is 10.2. The van der Waals surface area contributed by atoms with Crippen LogP contribution in [0.1, 0.15) is 33.4 Å². The van der Waals surface area contributed by atoms with Crippen LogP contribution >= 0.6 is 0 Å². The molecule has 0 aromatic carbocycles. The van der Waals surface area contributed by atoms with E-state index >= 15 is 0 Å². The highest BCUT2D eigenvalue weighted by molar-refractivity contribution is 5.75. The van der Waals surface area contributed by atoms with Crippen molar-refractivity contribution in [1.29, 1.82) is 0 Å². The van der Waals surface area contributed by atoms with E-state index in [1.165, 1.54) is 0 Å². The van der Waals surface area contributed by atoms with Crippen LogP contribution in [0.2, 0.25) is 0 Å². The Morgan fingerprint density at radius 3 is 2.56 bits per heavy atom. The van der Waals surface area contributed by atoms with Crippen molar-refractivity contribution >= 4 is 6.03 Å². The van der Waals surface area contributed by atoms with Gasteiger partial charge in [0, 0.05) is 12.2 Å². The first kappa shape index (κ1) is 12.5. The molecule has 0 saturated heterocycles. The summed E-state index contributed by atoms with van der Waals surface area (Å²) in [5, 5.41) is 5.68. The molecule has 1 aromatic heterocycles. The molecule has 1 heterocycles. The molecule has 4 nitrogen and oxygen atoms in total. The lowest BCUT2D eigenvalue weighted by Gasteiger charge is -2.26. The van der Waals surface area contributed by atoms with Gasteiger partial charge in [-0.25, -0.2) is 4.79 Å². The maximum atomic E-state index is 11.6. The molecule has 88 valence electrons. The number of hydrogen-bond acceptors (Lipinski definition) is 2. The second kappa shape index (κ2) is 4.96. The first-order valence-corrected chi connectivity index (χ1v) is 5.42. The Kier molecular flexibility index (Phi) is 3.88. The van der Waals surface area contributed by atoms with E-state index < -0.39 is 5.54 Å². The van der Waals surface area contributed by atoms with Crippen LogP contribution in [-0.4, -0.2) is 17.1 Å². The Labute approximate surface area is 96.5 Å². The quantitative estimate of drug-likeness (QED) is 0.820. The second-order valence-corrected chi connectivity index (χ2v) is 4.59. The number of aromatic nitrogens is 1. The molecule has 4 heteroatoms. The summed E-state index contributed by atoms with van der Waals surface area (Å²) in [6.45, 7) is 7.70. The Morgan fingerprint density at radius 2 is 2.06 bits per heavy atom. The minimum Gasteiger partial charge on any atom is -0.336 e. The van der Waals surface area contributed by atoms with E-state index in [4.69, 9.17) is 0 Å². The van der Waals surface area contributed by atoms with Gasteiger partial charge in [-0.3, -0.25) is 4.98 Å². The highest BCUT2D eigenvalue weighted by Crippen LogP contribution is 2.16. The fraction of sp³-hybridized carbons (Fsp3) is 0.500. The molecule has 1 aromatic rings. The number of hydrogen-bond donors (Lipinski definition) is 2. The Hall–Kier alpha value is -1.58. The Bertz CT molecular complexity index is 347. The van der Waals surface area contributed by atoms with Gasteiger partial charge in [0.1, 0.15) is 0 Å². The predicted octanol–water partition coefficient (Wildman–Crippen LogP) is 2.02. The predicted molar refractivity (Wildman–Crippen MR) is 64.1 cm³/mol. The molecule has 0 aliphatic carbocycles.